The van der Waals surface area contributed by atoms with E-state index in [4.69, 9.17) is 5.11 Å². The molecule has 0 spiro atoms. The molecular weight excluding hydrogens is 234 g/mol. The van der Waals surface area contributed by atoms with Gasteiger partial charge in [-0.15, -0.1) is 11.3 Å². The second-order valence-electron chi connectivity index (χ2n) is 4.84. The van der Waals surface area contributed by atoms with E-state index in [2.05, 4.69) is 5.32 Å². The van der Waals surface area contributed by atoms with Crippen LogP contribution in [0.25, 0.3) is 6.08 Å². The predicted octanol–water partition coefficient (Wildman–Crippen LogP) is 2.20. The molecule has 0 aliphatic rings. The third-order valence-corrected chi connectivity index (χ3v) is 3.44. The predicted molar refractivity (Wildman–Crippen MR) is 72.0 cm³/mol. The summed E-state index contributed by atoms with van der Waals surface area (Å²) < 4.78 is 0. The summed E-state index contributed by atoms with van der Waals surface area (Å²) >= 11 is 1.61. The number of carbonyl (C=O) groups excluding carboxylic acids is 1. The minimum absolute atomic E-state index is 0.0566. The summed E-state index contributed by atoms with van der Waals surface area (Å²) in [6.45, 7) is 6.35. The lowest BCUT2D eigenvalue weighted by atomic mass is 9.95. The Labute approximate surface area is 106 Å². The van der Waals surface area contributed by atoms with E-state index in [-0.39, 0.29) is 17.9 Å². The Balaban J connectivity index is 2.46. The maximum Gasteiger partial charge on any atom is 0.244 e. The molecule has 0 saturated carbocycles. The van der Waals surface area contributed by atoms with Crippen LogP contribution in [0.15, 0.2) is 17.5 Å². The van der Waals surface area contributed by atoms with Crippen LogP contribution in [-0.2, 0) is 4.79 Å². The summed E-state index contributed by atoms with van der Waals surface area (Å²) in [4.78, 5) is 12.6. The summed E-state index contributed by atoms with van der Waals surface area (Å²) in [6.07, 6.45) is 3.35. The molecule has 2 N–H and O–H groups in total. The van der Waals surface area contributed by atoms with Crippen LogP contribution in [-0.4, -0.2) is 24.2 Å². The largest absolute Gasteiger partial charge is 0.396 e. The smallest absolute Gasteiger partial charge is 0.244 e. The van der Waals surface area contributed by atoms with Gasteiger partial charge in [0.05, 0.1) is 0 Å². The summed E-state index contributed by atoms with van der Waals surface area (Å²) in [5.41, 5.74) is 0.900. The molecule has 4 heteroatoms. The first-order chi connectivity index (χ1) is 7.94. The normalized spacial score (nSPS) is 12.0. The lowest BCUT2D eigenvalue weighted by molar-refractivity contribution is -0.116. The molecular formula is C13H19NO2S. The van der Waals surface area contributed by atoms with Crippen LogP contribution in [0, 0.1) is 12.3 Å². The molecule has 0 atom stereocenters. The Morgan fingerprint density at radius 2 is 2.29 bits per heavy atom. The highest BCUT2D eigenvalue weighted by atomic mass is 32.1. The van der Waals surface area contributed by atoms with E-state index in [0.29, 0.717) is 6.54 Å². The maximum atomic E-state index is 11.5. The van der Waals surface area contributed by atoms with E-state index < -0.39 is 0 Å². The van der Waals surface area contributed by atoms with Gasteiger partial charge in [0.25, 0.3) is 0 Å². The zero-order valence-corrected chi connectivity index (χ0v) is 11.3. The Hall–Kier alpha value is -1.13. The van der Waals surface area contributed by atoms with E-state index in [1.165, 1.54) is 11.6 Å². The highest BCUT2D eigenvalue weighted by molar-refractivity contribution is 7.11. The van der Waals surface area contributed by atoms with E-state index >= 15 is 0 Å². The Morgan fingerprint density at radius 3 is 2.82 bits per heavy atom. The van der Waals surface area contributed by atoms with Gasteiger partial charge in [-0.05, 0) is 30.0 Å². The molecule has 0 unspecified atom stereocenters. The van der Waals surface area contributed by atoms with E-state index in [1.54, 1.807) is 11.3 Å². The Kier molecular flexibility index (Phi) is 4.90. The molecule has 1 aromatic heterocycles. The minimum atomic E-state index is -0.275. The second kappa shape index (κ2) is 5.98. The highest BCUT2D eigenvalue weighted by Gasteiger charge is 2.16. The van der Waals surface area contributed by atoms with Crippen molar-refractivity contribution in [3.8, 4) is 0 Å². The summed E-state index contributed by atoms with van der Waals surface area (Å²) in [5.74, 6) is -0.126. The molecule has 1 amide bonds. The van der Waals surface area contributed by atoms with Crippen LogP contribution in [0.2, 0.25) is 0 Å². The standard InChI is InChI=1S/C13H19NO2S/c1-10-6-7-17-11(10)4-5-12(16)14-8-13(2,3)9-15/h4-7,15H,8-9H2,1-3H3,(H,14,16)/b5-4+. The van der Waals surface area contributed by atoms with Crippen molar-refractivity contribution >= 4 is 23.3 Å². The van der Waals surface area contributed by atoms with E-state index in [1.807, 2.05) is 38.3 Å². The average Bonchev–Trinajstić information content (AvgIpc) is 2.70. The van der Waals surface area contributed by atoms with Crippen LogP contribution >= 0.6 is 11.3 Å². The summed E-state index contributed by atoms with van der Waals surface area (Å²) in [5, 5.41) is 13.8. The minimum Gasteiger partial charge on any atom is -0.396 e. The van der Waals surface area contributed by atoms with Gasteiger partial charge >= 0.3 is 0 Å². The van der Waals surface area contributed by atoms with Crippen molar-refractivity contribution in [2.75, 3.05) is 13.2 Å². The van der Waals surface area contributed by atoms with Gasteiger partial charge in [-0.1, -0.05) is 13.8 Å². The van der Waals surface area contributed by atoms with E-state index in [0.717, 1.165) is 4.88 Å². The molecule has 3 nitrogen and oxygen atoms in total. The molecule has 0 radical (unpaired) electrons. The number of nitrogens with one attached hydrogen (secondary N) is 1. The molecule has 0 aliphatic carbocycles. The van der Waals surface area contributed by atoms with Gasteiger partial charge < -0.3 is 10.4 Å². The number of hydrogen-bond acceptors (Lipinski definition) is 3. The van der Waals surface area contributed by atoms with Gasteiger partial charge in [0, 0.05) is 29.5 Å². The second-order valence-corrected chi connectivity index (χ2v) is 5.79. The first kappa shape index (κ1) is 13.9. The molecule has 0 saturated heterocycles. The van der Waals surface area contributed by atoms with Crippen molar-refractivity contribution in [2.45, 2.75) is 20.8 Å². The van der Waals surface area contributed by atoms with Gasteiger partial charge in [-0.25, -0.2) is 0 Å². The third kappa shape index (κ3) is 4.71. The fraction of sp³-hybridized carbons (Fsp3) is 0.462. The van der Waals surface area contributed by atoms with Gasteiger partial charge in [0.2, 0.25) is 5.91 Å². The molecule has 0 bridgehead atoms. The topological polar surface area (TPSA) is 49.3 Å². The SMILES string of the molecule is Cc1ccsc1/C=C/C(=O)NCC(C)(C)CO. The average molecular weight is 253 g/mol. The van der Waals surface area contributed by atoms with Crippen molar-refractivity contribution in [1.29, 1.82) is 0 Å². The molecule has 0 fully saturated rings. The molecule has 0 aliphatic heterocycles. The summed E-state index contributed by atoms with van der Waals surface area (Å²) in [6, 6.07) is 2.02. The van der Waals surface area contributed by atoms with Crippen LogP contribution in [0.5, 0.6) is 0 Å². The quantitative estimate of drug-likeness (QED) is 0.790. The fourth-order valence-electron chi connectivity index (χ4n) is 1.15. The number of hydrogen-bond donors (Lipinski definition) is 2. The molecule has 1 rings (SSSR count). The number of carbonyl (C=O) groups is 1. The molecule has 94 valence electrons. The van der Waals surface area contributed by atoms with E-state index in [9.17, 15) is 4.79 Å². The van der Waals surface area contributed by atoms with Gasteiger partial charge in [-0.2, -0.15) is 0 Å². The lowest BCUT2D eigenvalue weighted by Crippen LogP contribution is -2.35. The number of thiophene rings is 1. The van der Waals surface area contributed by atoms with Gasteiger partial charge in [0.1, 0.15) is 0 Å². The Morgan fingerprint density at radius 1 is 1.59 bits per heavy atom. The van der Waals surface area contributed by atoms with Gasteiger partial charge in [-0.3, -0.25) is 4.79 Å². The van der Waals surface area contributed by atoms with Crippen LogP contribution in [0.1, 0.15) is 24.3 Å². The zero-order valence-electron chi connectivity index (χ0n) is 10.5. The third-order valence-electron chi connectivity index (χ3n) is 2.46. The fourth-order valence-corrected chi connectivity index (χ4v) is 1.97. The van der Waals surface area contributed by atoms with Crippen LogP contribution in [0.4, 0.5) is 0 Å². The van der Waals surface area contributed by atoms with Crippen molar-refractivity contribution in [1.82, 2.24) is 5.32 Å². The lowest BCUT2D eigenvalue weighted by Gasteiger charge is -2.21. The van der Waals surface area contributed by atoms with Gasteiger partial charge in [0.15, 0.2) is 0 Å². The zero-order chi connectivity index (χ0) is 12.9. The number of rotatable bonds is 5. The summed E-state index contributed by atoms with van der Waals surface area (Å²) in [7, 11) is 0. The number of aliphatic hydroxyl groups is 1. The molecule has 0 aromatic carbocycles. The number of amides is 1. The first-order valence-electron chi connectivity index (χ1n) is 5.55. The molecule has 1 heterocycles. The Bertz CT molecular complexity index is 407. The maximum absolute atomic E-state index is 11.5. The van der Waals surface area contributed by atoms with Crippen molar-refractivity contribution in [3.05, 3.63) is 28.0 Å². The molecule has 17 heavy (non-hydrogen) atoms. The number of aryl methyl sites for hydroxylation is 1. The van der Waals surface area contributed by atoms with Crippen molar-refractivity contribution in [3.63, 3.8) is 0 Å². The monoisotopic (exact) mass is 253 g/mol. The van der Waals surface area contributed by atoms with Crippen LogP contribution in [0.3, 0.4) is 0 Å². The van der Waals surface area contributed by atoms with Crippen molar-refractivity contribution < 1.29 is 9.90 Å². The van der Waals surface area contributed by atoms with Crippen LogP contribution < -0.4 is 5.32 Å². The molecule has 1 aromatic rings. The van der Waals surface area contributed by atoms with Crippen molar-refractivity contribution in [2.24, 2.45) is 5.41 Å². The highest BCUT2D eigenvalue weighted by Crippen LogP contribution is 2.17. The first-order valence-corrected chi connectivity index (χ1v) is 6.43. The number of aliphatic hydroxyl groups excluding tert-OH is 1.